The maximum Gasteiger partial charge on any atom is 0.344 e. The molecule has 0 atom stereocenters. The number of fused-ring (bicyclic) bond motifs is 1. The molecule has 0 spiro atoms. The van der Waals surface area contributed by atoms with Gasteiger partial charge < -0.3 is 19.2 Å². The lowest BCUT2D eigenvalue weighted by Crippen LogP contribution is -2.15. The molecular weight excluding hydrogens is 368 g/mol. The second-order valence-electron chi connectivity index (χ2n) is 5.84. The fraction of sp³-hybridized carbons (Fsp3) is 0.316. The number of rotatable bonds is 6. The molecular formula is C19H20N2O5S. The smallest absolute Gasteiger partial charge is 0.344 e. The topological polar surface area (TPSA) is 90.5 Å². The Morgan fingerprint density at radius 2 is 2.04 bits per heavy atom. The molecule has 0 amide bonds. The van der Waals surface area contributed by atoms with Crippen LogP contribution in [-0.2, 0) is 9.53 Å². The van der Waals surface area contributed by atoms with Gasteiger partial charge in [0.1, 0.15) is 10.7 Å². The predicted octanol–water partition coefficient (Wildman–Crippen LogP) is 3.22. The number of ether oxygens (including phenoxy) is 3. The molecule has 2 heterocycles. The molecule has 0 saturated heterocycles. The van der Waals surface area contributed by atoms with Crippen LogP contribution in [0.1, 0.15) is 17.4 Å². The number of carbonyl (C=O) groups excluding carboxylic acids is 1. The van der Waals surface area contributed by atoms with E-state index in [4.69, 9.17) is 14.2 Å². The fourth-order valence-corrected chi connectivity index (χ4v) is 3.69. The SMILES string of the molecule is CCOC(=O)COc1ccc(-c2nc3sc(C)c(C)c3c(=O)[nH]2)cc1OC. The molecule has 27 heavy (non-hydrogen) atoms. The lowest BCUT2D eigenvalue weighted by atomic mass is 10.1. The number of aromatic amines is 1. The number of thiophene rings is 1. The second kappa shape index (κ2) is 7.79. The van der Waals surface area contributed by atoms with Gasteiger partial charge in [-0.1, -0.05) is 0 Å². The first kappa shape index (κ1) is 18.9. The Labute approximate surface area is 159 Å². The number of H-pyrrole nitrogens is 1. The Morgan fingerprint density at radius 1 is 1.26 bits per heavy atom. The Bertz CT molecular complexity index is 1050. The minimum Gasteiger partial charge on any atom is -0.493 e. The van der Waals surface area contributed by atoms with E-state index in [1.807, 2.05) is 13.8 Å². The average molecular weight is 388 g/mol. The number of hydrogen-bond donors (Lipinski definition) is 1. The van der Waals surface area contributed by atoms with Gasteiger partial charge in [0.15, 0.2) is 18.1 Å². The molecule has 7 nitrogen and oxygen atoms in total. The molecule has 8 heteroatoms. The summed E-state index contributed by atoms with van der Waals surface area (Å²) < 4.78 is 15.6. The number of esters is 1. The van der Waals surface area contributed by atoms with Gasteiger partial charge in [0.25, 0.3) is 5.56 Å². The molecule has 0 unspecified atom stereocenters. The molecule has 0 bridgehead atoms. The first-order valence-corrected chi connectivity index (χ1v) is 9.23. The van der Waals surface area contributed by atoms with Crippen molar-refractivity contribution >= 4 is 27.5 Å². The molecule has 2 aromatic heterocycles. The summed E-state index contributed by atoms with van der Waals surface area (Å²) in [6.45, 7) is 5.71. The van der Waals surface area contributed by atoms with Crippen molar-refractivity contribution in [1.29, 1.82) is 0 Å². The highest BCUT2D eigenvalue weighted by Gasteiger charge is 2.15. The van der Waals surface area contributed by atoms with Crippen LogP contribution in [0.4, 0.5) is 0 Å². The number of benzene rings is 1. The van der Waals surface area contributed by atoms with Crippen LogP contribution in [0, 0.1) is 13.8 Å². The Balaban J connectivity index is 1.94. The third-order valence-electron chi connectivity index (χ3n) is 4.13. The highest BCUT2D eigenvalue weighted by Crippen LogP contribution is 2.32. The summed E-state index contributed by atoms with van der Waals surface area (Å²) in [7, 11) is 1.50. The molecule has 0 fully saturated rings. The fourth-order valence-electron chi connectivity index (χ4n) is 2.66. The normalized spacial score (nSPS) is 10.8. The largest absolute Gasteiger partial charge is 0.493 e. The van der Waals surface area contributed by atoms with Crippen molar-refractivity contribution in [2.45, 2.75) is 20.8 Å². The van der Waals surface area contributed by atoms with Crippen LogP contribution in [0.3, 0.4) is 0 Å². The van der Waals surface area contributed by atoms with E-state index in [0.29, 0.717) is 39.7 Å². The first-order chi connectivity index (χ1) is 12.9. The van der Waals surface area contributed by atoms with E-state index in [0.717, 1.165) is 10.4 Å². The molecule has 0 aliphatic carbocycles. The number of hydrogen-bond acceptors (Lipinski definition) is 7. The minimum atomic E-state index is -0.455. The van der Waals surface area contributed by atoms with E-state index in [2.05, 4.69) is 9.97 Å². The van der Waals surface area contributed by atoms with Gasteiger partial charge in [-0.2, -0.15) is 0 Å². The quantitative estimate of drug-likeness (QED) is 0.652. The highest BCUT2D eigenvalue weighted by atomic mass is 32.1. The number of nitrogens with zero attached hydrogens (tertiary/aromatic N) is 1. The van der Waals surface area contributed by atoms with Crippen LogP contribution in [0.15, 0.2) is 23.0 Å². The zero-order valence-corrected chi connectivity index (χ0v) is 16.4. The summed E-state index contributed by atoms with van der Waals surface area (Å²) >= 11 is 1.49. The molecule has 1 N–H and O–H groups in total. The second-order valence-corrected chi connectivity index (χ2v) is 7.04. The van der Waals surface area contributed by atoms with Crippen molar-refractivity contribution in [1.82, 2.24) is 9.97 Å². The monoisotopic (exact) mass is 388 g/mol. The molecule has 0 saturated carbocycles. The third kappa shape index (κ3) is 3.80. The number of methoxy groups -OCH3 is 1. The van der Waals surface area contributed by atoms with Crippen molar-refractivity contribution < 1.29 is 19.0 Å². The third-order valence-corrected chi connectivity index (χ3v) is 5.23. The van der Waals surface area contributed by atoms with Crippen LogP contribution in [0.5, 0.6) is 11.5 Å². The number of aromatic nitrogens is 2. The zero-order chi connectivity index (χ0) is 19.6. The minimum absolute atomic E-state index is 0.168. The van der Waals surface area contributed by atoms with Crippen molar-refractivity contribution in [2.24, 2.45) is 0 Å². The Kier molecular flexibility index (Phi) is 5.46. The van der Waals surface area contributed by atoms with E-state index < -0.39 is 5.97 Å². The lowest BCUT2D eigenvalue weighted by Gasteiger charge is -2.11. The van der Waals surface area contributed by atoms with Crippen molar-refractivity contribution in [3.63, 3.8) is 0 Å². The summed E-state index contributed by atoms with van der Waals surface area (Å²) in [5.74, 6) is 0.825. The van der Waals surface area contributed by atoms with Gasteiger partial charge in [-0.05, 0) is 44.5 Å². The predicted molar refractivity (Wildman–Crippen MR) is 104 cm³/mol. The van der Waals surface area contributed by atoms with Gasteiger partial charge >= 0.3 is 5.97 Å². The standard InChI is InChI=1S/C19H20N2O5S/c1-5-25-15(22)9-26-13-7-6-12(8-14(13)24-4)17-20-18(23)16-10(2)11(3)27-19(16)21-17/h6-8H,5,9H2,1-4H3,(H,20,21,23). The molecule has 1 aromatic carbocycles. The van der Waals surface area contributed by atoms with Crippen LogP contribution in [0.25, 0.3) is 21.6 Å². The van der Waals surface area contributed by atoms with Gasteiger partial charge in [-0.15, -0.1) is 11.3 Å². The number of aryl methyl sites for hydroxylation is 2. The summed E-state index contributed by atoms with van der Waals surface area (Å²) in [6.07, 6.45) is 0. The first-order valence-electron chi connectivity index (χ1n) is 8.41. The van der Waals surface area contributed by atoms with E-state index >= 15 is 0 Å². The van der Waals surface area contributed by atoms with Gasteiger partial charge in [-0.3, -0.25) is 4.79 Å². The Hall–Kier alpha value is -2.87. The van der Waals surface area contributed by atoms with Gasteiger partial charge in [0, 0.05) is 10.4 Å². The van der Waals surface area contributed by atoms with Crippen LogP contribution in [-0.4, -0.2) is 36.3 Å². The lowest BCUT2D eigenvalue weighted by molar-refractivity contribution is -0.145. The number of carbonyl (C=O) groups is 1. The molecule has 3 rings (SSSR count). The zero-order valence-electron chi connectivity index (χ0n) is 15.5. The van der Waals surface area contributed by atoms with E-state index in [1.165, 1.54) is 18.4 Å². The molecule has 0 radical (unpaired) electrons. The summed E-state index contributed by atoms with van der Waals surface area (Å²) in [5, 5.41) is 0.627. The van der Waals surface area contributed by atoms with Crippen molar-refractivity contribution in [3.8, 4) is 22.9 Å². The van der Waals surface area contributed by atoms with E-state index in [-0.39, 0.29) is 12.2 Å². The molecule has 0 aliphatic heterocycles. The summed E-state index contributed by atoms with van der Waals surface area (Å²) in [4.78, 5) is 33.1. The van der Waals surface area contributed by atoms with E-state index in [9.17, 15) is 9.59 Å². The van der Waals surface area contributed by atoms with Crippen LogP contribution < -0.4 is 15.0 Å². The van der Waals surface area contributed by atoms with E-state index in [1.54, 1.807) is 25.1 Å². The maximum atomic E-state index is 12.5. The van der Waals surface area contributed by atoms with Gasteiger partial charge in [0.2, 0.25) is 0 Å². The molecule has 3 aromatic rings. The van der Waals surface area contributed by atoms with Gasteiger partial charge in [-0.25, -0.2) is 9.78 Å². The van der Waals surface area contributed by atoms with Crippen molar-refractivity contribution in [2.75, 3.05) is 20.3 Å². The van der Waals surface area contributed by atoms with Gasteiger partial charge in [0.05, 0.1) is 19.1 Å². The highest BCUT2D eigenvalue weighted by molar-refractivity contribution is 7.18. The van der Waals surface area contributed by atoms with Crippen LogP contribution in [0.2, 0.25) is 0 Å². The maximum absolute atomic E-state index is 12.5. The van der Waals surface area contributed by atoms with Crippen molar-refractivity contribution in [3.05, 3.63) is 39.0 Å². The molecule has 142 valence electrons. The molecule has 0 aliphatic rings. The van der Waals surface area contributed by atoms with Crippen LogP contribution >= 0.6 is 11.3 Å². The summed E-state index contributed by atoms with van der Waals surface area (Å²) in [5.41, 5.74) is 1.46. The summed E-state index contributed by atoms with van der Waals surface area (Å²) in [6, 6.07) is 5.13. The average Bonchev–Trinajstić information content (AvgIpc) is 2.94. The number of nitrogens with one attached hydrogen (secondary N) is 1. The Morgan fingerprint density at radius 3 is 2.74 bits per heavy atom.